The van der Waals surface area contributed by atoms with E-state index in [0.717, 1.165) is 32.1 Å². The van der Waals surface area contributed by atoms with Crippen molar-refractivity contribution in [3.63, 3.8) is 0 Å². The van der Waals surface area contributed by atoms with Gasteiger partial charge in [-0.2, -0.15) is 0 Å². The van der Waals surface area contributed by atoms with Crippen LogP contribution in [-0.2, 0) is 0 Å². The molecular weight excluding hydrogens is 288 g/mol. The van der Waals surface area contributed by atoms with Gasteiger partial charge in [-0.05, 0) is 61.2 Å². The van der Waals surface area contributed by atoms with Crippen molar-refractivity contribution in [3.05, 3.63) is 12.2 Å². The van der Waals surface area contributed by atoms with Crippen LogP contribution in [0.15, 0.2) is 12.2 Å². The van der Waals surface area contributed by atoms with Crippen molar-refractivity contribution in [3.8, 4) is 0 Å². The smallest absolute Gasteiger partial charge is 0.0656 e. The number of aliphatic hydroxyl groups excluding tert-OH is 3. The van der Waals surface area contributed by atoms with E-state index in [1.54, 1.807) is 0 Å². The first kappa shape index (κ1) is 16.1. The highest BCUT2D eigenvalue weighted by molar-refractivity contribution is 5.28. The van der Waals surface area contributed by atoms with E-state index in [1.165, 1.54) is 0 Å². The second kappa shape index (κ2) is 4.62. The molecule has 0 heterocycles. The quantitative estimate of drug-likeness (QED) is 0.651. The largest absolute Gasteiger partial charge is 0.395 e. The highest BCUT2D eigenvalue weighted by Gasteiger charge is 2.67. The highest BCUT2D eigenvalue weighted by Crippen LogP contribution is 2.71. The fourth-order valence-electron chi connectivity index (χ4n) is 7.31. The van der Waals surface area contributed by atoms with Crippen LogP contribution in [0.4, 0.5) is 0 Å². The second-order valence-electron chi connectivity index (χ2n) is 9.94. The van der Waals surface area contributed by atoms with Crippen LogP contribution >= 0.6 is 0 Å². The molecule has 1 spiro atoms. The summed E-state index contributed by atoms with van der Waals surface area (Å²) in [6.07, 6.45) is 9.47. The van der Waals surface area contributed by atoms with Gasteiger partial charge in [0.25, 0.3) is 0 Å². The van der Waals surface area contributed by atoms with Gasteiger partial charge in [-0.3, -0.25) is 0 Å². The van der Waals surface area contributed by atoms with E-state index < -0.39 is 11.5 Å². The average Bonchev–Trinajstić information content (AvgIpc) is 2.83. The molecule has 0 amide bonds. The Balaban J connectivity index is 1.79. The molecule has 3 N–H and O–H groups in total. The number of rotatable bonds is 1. The molecular formula is C20H32O3. The average molecular weight is 320 g/mol. The molecule has 3 fully saturated rings. The molecule has 0 aromatic carbocycles. The van der Waals surface area contributed by atoms with Crippen molar-refractivity contribution in [2.24, 2.45) is 33.5 Å². The molecule has 0 aliphatic heterocycles. The van der Waals surface area contributed by atoms with E-state index in [4.69, 9.17) is 0 Å². The van der Waals surface area contributed by atoms with Crippen molar-refractivity contribution in [2.75, 3.05) is 6.61 Å². The van der Waals surface area contributed by atoms with E-state index in [-0.39, 0.29) is 29.0 Å². The summed E-state index contributed by atoms with van der Waals surface area (Å²) < 4.78 is 0. The predicted octanol–water partition coefficient (Wildman–Crippen LogP) is 2.89. The summed E-state index contributed by atoms with van der Waals surface area (Å²) in [5, 5.41) is 31.7. The molecule has 0 aromatic heterocycles. The van der Waals surface area contributed by atoms with Crippen molar-refractivity contribution in [2.45, 2.75) is 71.5 Å². The third-order valence-electron chi connectivity index (χ3n) is 8.64. The fraction of sp³-hybridized carbons (Fsp3) is 0.900. The molecule has 2 bridgehead atoms. The Morgan fingerprint density at radius 1 is 0.957 bits per heavy atom. The molecule has 7 atom stereocenters. The maximum atomic E-state index is 11.0. The minimum Gasteiger partial charge on any atom is -0.395 e. The van der Waals surface area contributed by atoms with Crippen LogP contribution in [-0.4, -0.2) is 34.1 Å². The van der Waals surface area contributed by atoms with Gasteiger partial charge in [-0.15, -0.1) is 0 Å². The Morgan fingerprint density at radius 3 is 2.39 bits per heavy atom. The second-order valence-corrected chi connectivity index (χ2v) is 9.94. The molecule has 0 aromatic rings. The van der Waals surface area contributed by atoms with Crippen LogP contribution < -0.4 is 0 Å². The summed E-state index contributed by atoms with van der Waals surface area (Å²) in [5.74, 6) is 0.828. The van der Waals surface area contributed by atoms with Crippen molar-refractivity contribution < 1.29 is 15.3 Å². The zero-order chi connectivity index (χ0) is 16.7. The van der Waals surface area contributed by atoms with Crippen LogP contribution in [0.25, 0.3) is 0 Å². The van der Waals surface area contributed by atoms with Gasteiger partial charge in [0.1, 0.15) is 0 Å². The van der Waals surface area contributed by atoms with Gasteiger partial charge in [0, 0.05) is 10.8 Å². The molecule has 0 saturated heterocycles. The normalized spacial score (nSPS) is 57.0. The van der Waals surface area contributed by atoms with Gasteiger partial charge in [-0.1, -0.05) is 32.9 Å². The molecule has 0 radical (unpaired) electrons. The molecule has 7 unspecified atom stereocenters. The lowest BCUT2D eigenvalue weighted by atomic mass is 9.39. The lowest BCUT2D eigenvalue weighted by Gasteiger charge is -2.66. The third kappa shape index (κ3) is 1.82. The summed E-state index contributed by atoms with van der Waals surface area (Å²) in [6.45, 7) is 7.05. The SMILES string of the molecule is CC1(C)CCC(O)C2(C)C1CCC13C=CC(CO)(C1)C(O)CC32. The predicted molar refractivity (Wildman–Crippen MR) is 89.7 cm³/mol. The standard InChI is InChI=1S/C20H32O3/c1-17(2)6-5-15(22)18(3)13(17)4-7-19-8-9-20(11-19,12-21)16(23)10-14(18)19/h8-9,13-16,21-23H,4-7,10-12H2,1-3H3. The van der Waals surface area contributed by atoms with Gasteiger partial charge < -0.3 is 15.3 Å². The summed E-state index contributed by atoms with van der Waals surface area (Å²) in [5.41, 5.74) is -0.234. The Labute approximate surface area is 139 Å². The zero-order valence-electron chi connectivity index (χ0n) is 14.8. The number of fused-ring (bicyclic) bond motifs is 3. The van der Waals surface area contributed by atoms with Crippen LogP contribution in [0.2, 0.25) is 0 Å². The Morgan fingerprint density at radius 2 is 1.70 bits per heavy atom. The molecule has 3 heteroatoms. The number of hydrogen-bond donors (Lipinski definition) is 3. The van der Waals surface area contributed by atoms with Gasteiger partial charge in [0.05, 0.1) is 18.8 Å². The first-order valence-electron chi connectivity index (χ1n) is 9.38. The zero-order valence-corrected chi connectivity index (χ0v) is 14.8. The molecule has 3 saturated carbocycles. The lowest BCUT2D eigenvalue weighted by molar-refractivity contribution is -0.213. The fourth-order valence-corrected chi connectivity index (χ4v) is 7.31. The van der Waals surface area contributed by atoms with Crippen LogP contribution in [0, 0.1) is 33.5 Å². The summed E-state index contributed by atoms with van der Waals surface area (Å²) in [7, 11) is 0. The van der Waals surface area contributed by atoms with Crippen molar-refractivity contribution >= 4 is 0 Å². The van der Waals surface area contributed by atoms with Crippen molar-refractivity contribution in [1.29, 1.82) is 0 Å². The van der Waals surface area contributed by atoms with E-state index in [9.17, 15) is 15.3 Å². The van der Waals surface area contributed by atoms with Crippen molar-refractivity contribution in [1.82, 2.24) is 0 Å². The molecule has 23 heavy (non-hydrogen) atoms. The Bertz CT molecular complexity index is 541. The molecule has 4 aliphatic carbocycles. The minimum atomic E-state index is -0.489. The number of aliphatic hydroxyl groups is 3. The van der Waals surface area contributed by atoms with E-state index >= 15 is 0 Å². The lowest BCUT2D eigenvalue weighted by Crippen LogP contribution is -2.63. The molecule has 130 valence electrons. The minimum absolute atomic E-state index is 0.0350. The van der Waals surface area contributed by atoms with Gasteiger partial charge >= 0.3 is 0 Å². The first-order chi connectivity index (χ1) is 10.7. The Kier molecular flexibility index (Phi) is 3.23. The van der Waals surface area contributed by atoms with Gasteiger partial charge in [0.15, 0.2) is 0 Å². The highest BCUT2D eigenvalue weighted by atomic mass is 16.3. The topological polar surface area (TPSA) is 60.7 Å². The van der Waals surface area contributed by atoms with Crippen LogP contribution in [0.1, 0.15) is 59.3 Å². The first-order valence-corrected chi connectivity index (χ1v) is 9.38. The van der Waals surface area contributed by atoms with E-state index in [1.807, 2.05) is 0 Å². The van der Waals surface area contributed by atoms with Gasteiger partial charge in [-0.25, -0.2) is 0 Å². The maximum Gasteiger partial charge on any atom is 0.0656 e. The summed E-state index contributed by atoms with van der Waals surface area (Å²) in [4.78, 5) is 0. The molecule has 4 aliphatic rings. The number of allylic oxidation sites excluding steroid dienone is 1. The molecule has 4 rings (SSSR count). The number of hydrogen-bond acceptors (Lipinski definition) is 3. The summed E-state index contributed by atoms with van der Waals surface area (Å²) >= 11 is 0. The Hall–Kier alpha value is -0.380. The van der Waals surface area contributed by atoms with Crippen LogP contribution in [0.3, 0.4) is 0 Å². The van der Waals surface area contributed by atoms with Gasteiger partial charge in [0.2, 0.25) is 0 Å². The summed E-state index contributed by atoms with van der Waals surface area (Å²) in [6, 6.07) is 0. The third-order valence-corrected chi connectivity index (χ3v) is 8.64. The monoisotopic (exact) mass is 320 g/mol. The van der Waals surface area contributed by atoms with Crippen LogP contribution in [0.5, 0.6) is 0 Å². The maximum absolute atomic E-state index is 11.0. The van der Waals surface area contributed by atoms with E-state index in [0.29, 0.717) is 18.3 Å². The van der Waals surface area contributed by atoms with E-state index in [2.05, 4.69) is 32.9 Å². The molecule has 3 nitrogen and oxygen atoms in total.